The Morgan fingerprint density at radius 2 is 2.35 bits per heavy atom. The third-order valence-corrected chi connectivity index (χ3v) is 4.07. The van der Waals surface area contributed by atoms with Crippen molar-refractivity contribution in [2.75, 3.05) is 18.4 Å². The van der Waals surface area contributed by atoms with Crippen molar-refractivity contribution in [3.05, 3.63) is 27.7 Å². The first-order chi connectivity index (χ1) is 8.16. The highest BCUT2D eigenvalue weighted by molar-refractivity contribution is 9.10. The van der Waals surface area contributed by atoms with Crippen molar-refractivity contribution in [1.82, 2.24) is 5.32 Å². The van der Waals surface area contributed by atoms with Crippen molar-refractivity contribution in [2.45, 2.75) is 12.8 Å². The Labute approximate surface area is 114 Å². The Kier molecular flexibility index (Phi) is 4.42. The lowest BCUT2D eigenvalue weighted by Gasteiger charge is -2.21. The Hall–Kier alpha value is -0.580. The van der Waals surface area contributed by atoms with Crippen molar-refractivity contribution in [1.29, 1.82) is 0 Å². The molecule has 1 aliphatic heterocycles. The van der Waals surface area contributed by atoms with Crippen LogP contribution in [0.3, 0.4) is 0 Å². The van der Waals surface area contributed by atoms with Gasteiger partial charge in [0.15, 0.2) is 0 Å². The summed E-state index contributed by atoms with van der Waals surface area (Å²) in [6.07, 6.45) is 2.01. The van der Waals surface area contributed by atoms with E-state index < -0.39 is 0 Å². The molecule has 1 aromatic carbocycles. The number of carbonyl (C=O) groups excluding carboxylic acids is 1. The third-order valence-electron chi connectivity index (χ3n) is 2.85. The second-order valence-electron chi connectivity index (χ2n) is 4.16. The number of carbonyl (C=O) groups is 1. The van der Waals surface area contributed by atoms with Gasteiger partial charge < -0.3 is 10.6 Å². The summed E-state index contributed by atoms with van der Waals surface area (Å²) < 4.78 is 0.790. The smallest absolute Gasteiger partial charge is 0.228 e. The molecule has 0 aromatic heterocycles. The van der Waals surface area contributed by atoms with Crippen LogP contribution in [0.25, 0.3) is 0 Å². The van der Waals surface area contributed by atoms with Gasteiger partial charge in [-0.1, -0.05) is 11.6 Å². The lowest BCUT2D eigenvalue weighted by molar-refractivity contribution is -0.120. The van der Waals surface area contributed by atoms with Gasteiger partial charge in [0.1, 0.15) is 0 Å². The van der Waals surface area contributed by atoms with Gasteiger partial charge in [0, 0.05) is 16.7 Å². The lowest BCUT2D eigenvalue weighted by Crippen LogP contribution is -2.37. The molecule has 2 rings (SSSR count). The van der Waals surface area contributed by atoms with E-state index in [9.17, 15) is 4.79 Å². The van der Waals surface area contributed by atoms with E-state index in [4.69, 9.17) is 11.6 Å². The Bertz CT molecular complexity index is 419. The third kappa shape index (κ3) is 3.44. The van der Waals surface area contributed by atoms with E-state index in [-0.39, 0.29) is 11.8 Å². The Morgan fingerprint density at radius 3 is 3.00 bits per heavy atom. The fourth-order valence-electron chi connectivity index (χ4n) is 1.89. The van der Waals surface area contributed by atoms with Gasteiger partial charge in [-0.15, -0.1) is 0 Å². The van der Waals surface area contributed by atoms with E-state index in [0.717, 1.165) is 36.1 Å². The molecular weight excluding hydrogens is 304 g/mol. The second kappa shape index (κ2) is 5.85. The summed E-state index contributed by atoms with van der Waals surface area (Å²) in [4.78, 5) is 12.0. The molecule has 3 nitrogen and oxygen atoms in total. The Morgan fingerprint density at radius 1 is 1.53 bits per heavy atom. The van der Waals surface area contributed by atoms with Gasteiger partial charge in [0.2, 0.25) is 5.91 Å². The van der Waals surface area contributed by atoms with Crippen LogP contribution in [0.1, 0.15) is 12.8 Å². The zero-order valence-electron chi connectivity index (χ0n) is 9.30. The summed E-state index contributed by atoms with van der Waals surface area (Å²) in [5, 5.41) is 6.78. The second-order valence-corrected chi connectivity index (χ2v) is 5.42. The summed E-state index contributed by atoms with van der Waals surface area (Å²) in [6, 6.07) is 5.39. The zero-order chi connectivity index (χ0) is 12.3. The highest BCUT2D eigenvalue weighted by atomic mass is 79.9. The van der Waals surface area contributed by atoms with Crippen LogP contribution >= 0.6 is 27.5 Å². The van der Waals surface area contributed by atoms with Crippen molar-refractivity contribution in [2.24, 2.45) is 5.92 Å². The number of hydrogen-bond donors (Lipinski definition) is 2. The fraction of sp³-hybridized carbons (Fsp3) is 0.417. The molecule has 1 amide bonds. The lowest BCUT2D eigenvalue weighted by atomic mass is 9.99. The molecule has 1 saturated heterocycles. The van der Waals surface area contributed by atoms with Crippen molar-refractivity contribution >= 4 is 39.1 Å². The van der Waals surface area contributed by atoms with Crippen LogP contribution < -0.4 is 10.6 Å². The van der Waals surface area contributed by atoms with Crippen LogP contribution in [0, 0.1) is 5.92 Å². The van der Waals surface area contributed by atoms with Crippen LogP contribution in [0.2, 0.25) is 5.02 Å². The number of piperidine rings is 1. The molecule has 1 aromatic rings. The number of amides is 1. The summed E-state index contributed by atoms with van der Waals surface area (Å²) in [7, 11) is 0. The SMILES string of the molecule is O=C(Nc1ccc(Cl)c(Br)c1)[C@H]1CCCNC1. The monoisotopic (exact) mass is 316 g/mol. The van der Waals surface area contributed by atoms with E-state index in [2.05, 4.69) is 26.6 Å². The zero-order valence-corrected chi connectivity index (χ0v) is 11.6. The van der Waals surface area contributed by atoms with Crippen LogP contribution in [0.5, 0.6) is 0 Å². The summed E-state index contributed by atoms with van der Waals surface area (Å²) in [5.41, 5.74) is 0.775. The molecule has 0 radical (unpaired) electrons. The van der Waals surface area contributed by atoms with Gasteiger partial charge in [-0.05, 0) is 53.5 Å². The number of benzene rings is 1. The predicted octanol–water partition coefficient (Wildman–Crippen LogP) is 3.04. The molecule has 1 atom stereocenters. The predicted molar refractivity (Wildman–Crippen MR) is 73.4 cm³/mol. The first-order valence-electron chi connectivity index (χ1n) is 5.63. The highest BCUT2D eigenvalue weighted by Crippen LogP contribution is 2.26. The van der Waals surface area contributed by atoms with Crippen molar-refractivity contribution in [3.8, 4) is 0 Å². The molecule has 0 spiro atoms. The van der Waals surface area contributed by atoms with E-state index in [1.807, 2.05) is 6.07 Å². The summed E-state index contributed by atoms with van der Waals surface area (Å²) in [6.45, 7) is 1.77. The minimum atomic E-state index is 0.0678. The average molecular weight is 318 g/mol. The van der Waals surface area contributed by atoms with Crippen molar-refractivity contribution < 1.29 is 4.79 Å². The minimum absolute atomic E-state index is 0.0678. The molecule has 2 N–H and O–H groups in total. The van der Waals surface area contributed by atoms with E-state index in [1.54, 1.807) is 12.1 Å². The van der Waals surface area contributed by atoms with Gasteiger partial charge in [-0.2, -0.15) is 0 Å². The van der Waals surface area contributed by atoms with Crippen molar-refractivity contribution in [3.63, 3.8) is 0 Å². The van der Waals surface area contributed by atoms with Crippen LogP contribution in [0.15, 0.2) is 22.7 Å². The highest BCUT2D eigenvalue weighted by Gasteiger charge is 2.20. The number of halogens is 2. The van der Waals surface area contributed by atoms with Gasteiger partial charge in [0.25, 0.3) is 0 Å². The van der Waals surface area contributed by atoms with Gasteiger partial charge in [0.05, 0.1) is 10.9 Å². The molecule has 1 fully saturated rings. The molecular formula is C12H14BrClN2O. The Balaban J connectivity index is 1.99. The molecule has 17 heavy (non-hydrogen) atoms. The topological polar surface area (TPSA) is 41.1 Å². The summed E-state index contributed by atoms with van der Waals surface area (Å²) >= 11 is 9.23. The molecule has 0 bridgehead atoms. The number of anilines is 1. The number of hydrogen-bond acceptors (Lipinski definition) is 2. The van der Waals surface area contributed by atoms with E-state index >= 15 is 0 Å². The van der Waals surface area contributed by atoms with E-state index in [0.29, 0.717) is 5.02 Å². The standard InChI is InChI=1S/C12H14BrClN2O/c13-10-6-9(3-4-11(10)14)16-12(17)8-2-1-5-15-7-8/h3-4,6,8,15H,1-2,5,7H2,(H,16,17)/t8-/m0/s1. The quantitative estimate of drug-likeness (QED) is 0.880. The molecule has 1 heterocycles. The minimum Gasteiger partial charge on any atom is -0.326 e. The summed E-state index contributed by atoms with van der Waals surface area (Å²) in [5.74, 6) is 0.143. The van der Waals surface area contributed by atoms with Crippen LogP contribution in [-0.2, 0) is 4.79 Å². The molecule has 0 saturated carbocycles. The molecule has 0 unspecified atom stereocenters. The molecule has 5 heteroatoms. The average Bonchev–Trinajstić information content (AvgIpc) is 2.35. The molecule has 1 aliphatic rings. The van der Waals surface area contributed by atoms with Gasteiger partial charge in [-0.3, -0.25) is 4.79 Å². The maximum absolute atomic E-state index is 12.0. The van der Waals surface area contributed by atoms with Gasteiger partial charge >= 0.3 is 0 Å². The largest absolute Gasteiger partial charge is 0.326 e. The first-order valence-corrected chi connectivity index (χ1v) is 6.80. The number of rotatable bonds is 2. The molecule has 0 aliphatic carbocycles. The molecule has 92 valence electrons. The maximum atomic E-state index is 12.0. The first kappa shape index (κ1) is 12.9. The van der Waals surface area contributed by atoms with E-state index in [1.165, 1.54) is 0 Å². The van der Waals surface area contributed by atoms with Crippen LogP contribution in [0.4, 0.5) is 5.69 Å². The normalized spacial score (nSPS) is 20.0. The maximum Gasteiger partial charge on any atom is 0.228 e. The fourth-order valence-corrected chi connectivity index (χ4v) is 2.39. The number of nitrogens with one attached hydrogen (secondary N) is 2. The van der Waals surface area contributed by atoms with Crippen LogP contribution in [-0.4, -0.2) is 19.0 Å². The van der Waals surface area contributed by atoms with Gasteiger partial charge in [-0.25, -0.2) is 0 Å².